The molecular formula is C67H69N5S. The van der Waals surface area contributed by atoms with E-state index in [0.717, 1.165) is 13.1 Å². The highest BCUT2D eigenvalue weighted by molar-refractivity contribution is 7.99. The molecule has 6 aromatic carbocycles. The SMILES string of the molecule is C=NCC1=CCCC=C1.C=NCc1ccc(C(/C=C\C)=C/C)cc1.C=NCc1ccccc1.CC.CN1C2=CC=C3C=CC=CC3C2c2cccc(-c3ccc4c(c3)N(c3ccccc3)c3ccccc3S4)c21. The van der Waals surface area contributed by atoms with Gasteiger partial charge in [0.1, 0.15) is 0 Å². The molecule has 73 heavy (non-hydrogen) atoms. The van der Waals surface area contributed by atoms with Gasteiger partial charge in [0.2, 0.25) is 0 Å². The first-order valence-electron chi connectivity index (χ1n) is 25.4. The fourth-order valence-corrected chi connectivity index (χ4v) is 10.6. The van der Waals surface area contributed by atoms with Crippen LogP contribution < -0.4 is 9.80 Å². The number of hydrogen-bond acceptors (Lipinski definition) is 6. The van der Waals surface area contributed by atoms with Gasteiger partial charge in [-0.2, -0.15) is 0 Å². The van der Waals surface area contributed by atoms with Crippen LogP contribution in [-0.4, -0.2) is 33.7 Å². The number of rotatable bonds is 10. The first-order chi connectivity index (χ1) is 36.0. The summed E-state index contributed by atoms with van der Waals surface area (Å²) < 4.78 is 0. The molecule has 11 rings (SSSR count). The van der Waals surface area contributed by atoms with E-state index in [1.807, 2.05) is 62.9 Å². The average Bonchev–Trinajstić information content (AvgIpc) is 3.75. The smallest absolute Gasteiger partial charge is 0.0632 e. The Hall–Kier alpha value is -7.80. The second-order valence-electron chi connectivity index (χ2n) is 17.6. The number of para-hydroxylation sites is 3. The molecule has 6 aromatic rings. The third-order valence-corrected chi connectivity index (χ3v) is 14.1. The summed E-state index contributed by atoms with van der Waals surface area (Å²) >= 11 is 1.86. The second-order valence-corrected chi connectivity index (χ2v) is 18.6. The first-order valence-corrected chi connectivity index (χ1v) is 26.2. The van der Waals surface area contributed by atoms with Crippen LogP contribution in [0.5, 0.6) is 0 Å². The van der Waals surface area contributed by atoms with Gasteiger partial charge in [-0.05, 0) is 134 Å². The van der Waals surface area contributed by atoms with Gasteiger partial charge in [0.15, 0.2) is 0 Å². The number of aliphatic imine (C=N–C) groups is 3. The fourth-order valence-electron chi connectivity index (χ4n) is 9.61. The molecular weight excluding hydrogens is 907 g/mol. The van der Waals surface area contributed by atoms with Crippen LogP contribution in [0.2, 0.25) is 0 Å². The minimum absolute atomic E-state index is 0.358. The van der Waals surface area contributed by atoms with Crippen molar-refractivity contribution in [1.82, 2.24) is 0 Å². The van der Waals surface area contributed by atoms with Crippen molar-refractivity contribution in [1.29, 1.82) is 0 Å². The highest BCUT2D eigenvalue weighted by atomic mass is 32.2. The number of fused-ring (bicyclic) bond motifs is 7. The summed E-state index contributed by atoms with van der Waals surface area (Å²) in [6, 6.07) is 51.8. The average molecular weight is 976 g/mol. The first kappa shape index (κ1) is 53.0. The summed E-state index contributed by atoms with van der Waals surface area (Å²) in [7, 11) is 2.23. The summed E-state index contributed by atoms with van der Waals surface area (Å²) in [6.07, 6.45) is 28.7. The Balaban J connectivity index is 0.000000182. The van der Waals surface area contributed by atoms with Gasteiger partial charge in [-0.25, -0.2) is 0 Å². The summed E-state index contributed by atoms with van der Waals surface area (Å²) in [5, 5.41) is 0. The van der Waals surface area contributed by atoms with Crippen LogP contribution in [-0.2, 0) is 13.1 Å². The highest BCUT2D eigenvalue weighted by Gasteiger charge is 2.40. The molecule has 3 aliphatic carbocycles. The standard InChI is InChI=1S/C35H26N2S.C14H17N.C8H11N.C8H9N.C2H6/c1-36-30-20-18-23-10-5-6-13-26(23)34(30)28-15-9-14-27(35(28)36)24-19-21-33-31(22-24)37(25-11-3-2-4-12-25)29-16-7-8-17-32(29)38-33;1-4-6-13(5-2)14-9-7-12(8-10-14)11-15-3;2*1-9-7-8-5-3-2-4-6-8;1-2/h2-22,26,34H,1H3;4-10H,3,11H2,1-2H3;3,5-6H,1-2,4,7H2;2-6H,1,7H2;1-2H3/b;6-4-,13-5+;;;. The van der Waals surface area contributed by atoms with Gasteiger partial charge < -0.3 is 9.80 Å². The van der Waals surface area contributed by atoms with Crippen molar-refractivity contribution >= 4 is 60.2 Å². The lowest BCUT2D eigenvalue weighted by atomic mass is 9.75. The predicted molar refractivity (Wildman–Crippen MR) is 320 cm³/mol. The van der Waals surface area contributed by atoms with E-state index in [1.165, 1.54) is 101 Å². The van der Waals surface area contributed by atoms with Crippen molar-refractivity contribution in [2.24, 2.45) is 20.9 Å². The number of allylic oxidation sites excluding steroid dienone is 14. The van der Waals surface area contributed by atoms with Crippen molar-refractivity contribution in [3.63, 3.8) is 0 Å². The minimum Gasteiger partial charge on any atom is -0.347 e. The van der Waals surface area contributed by atoms with E-state index in [-0.39, 0.29) is 0 Å². The number of benzene rings is 6. The lowest BCUT2D eigenvalue weighted by Crippen LogP contribution is -2.21. The zero-order chi connectivity index (χ0) is 51.4. The van der Waals surface area contributed by atoms with E-state index in [2.05, 4.69) is 247 Å². The van der Waals surface area contributed by atoms with Gasteiger partial charge in [-0.15, -0.1) is 0 Å². The van der Waals surface area contributed by atoms with Gasteiger partial charge in [0.05, 0.1) is 36.7 Å². The molecule has 2 atom stereocenters. The molecule has 0 N–H and O–H groups in total. The van der Waals surface area contributed by atoms with Crippen molar-refractivity contribution in [3.05, 3.63) is 258 Å². The van der Waals surface area contributed by atoms with Gasteiger partial charge in [-0.1, -0.05) is 202 Å². The normalized spacial score (nSPS) is 16.2. The zero-order valence-electron chi connectivity index (χ0n) is 43.2. The molecule has 0 aromatic heterocycles. The third-order valence-electron chi connectivity index (χ3n) is 12.9. The summed E-state index contributed by atoms with van der Waals surface area (Å²) in [4.78, 5) is 18.8. The number of hydrogen-bond donors (Lipinski definition) is 0. The van der Waals surface area contributed by atoms with E-state index >= 15 is 0 Å². The molecule has 0 amide bonds. The largest absolute Gasteiger partial charge is 0.347 e. The summed E-state index contributed by atoms with van der Waals surface area (Å²) in [5.74, 6) is 0.751. The van der Waals surface area contributed by atoms with Crippen LogP contribution in [0.3, 0.4) is 0 Å². The minimum atomic E-state index is 0.358. The Morgan fingerprint density at radius 2 is 1.36 bits per heavy atom. The monoisotopic (exact) mass is 976 g/mol. The molecule has 5 aliphatic rings. The molecule has 0 saturated carbocycles. The molecule has 0 spiro atoms. The molecule has 2 heterocycles. The molecule has 2 aliphatic heterocycles. The molecule has 368 valence electrons. The number of likely N-dealkylation sites (N-methyl/N-ethyl adjacent to an activating group) is 1. The van der Waals surface area contributed by atoms with E-state index in [9.17, 15) is 0 Å². The summed E-state index contributed by atoms with van der Waals surface area (Å²) in [6.45, 7) is 20.6. The van der Waals surface area contributed by atoms with E-state index in [4.69, 9.17) is 0 Å². The molecule has 0 bridgehead atoms. The quantitative estimate of drug-likeness (QED) is 0.101. The van der Waals surface area contributed by atoms with Crippen molar-refractivity contribution in [2.45, 2.75) is 69.3 Å². The fraction of sp³-hybridized carbons (Fsp3) is 0.179. The van der Waals surface area contributed by atoms with Crippen LogP contribution in [0.1, 0.15) is 68.7 Å². The highest BCUT2D eigenvalue weighted by Crippen LogP contribution is 2.56. The van der Waals surface area contributed by atoms with Gasteiger partial charge >= 0.3 is 0 Å². The molecule has 0 saturated heterocycles. The Labute approximate surface area is 440 Å². The van der Waals surface area contributed by atoms with Gasteiger partial charge in [0.25, 0.3) is 0 Å². The van der Waals surface area contributed by atoms with E-state index in [1.54, 1.807) is 0 Å². The Bertz CT molecular complexity index is 3080. The van der Waals surface area contributed by atoms with Crippen LogP contribution in [0, 0.1) is 5.92 Å². The van der Waals surface area contributed by atoms with Crippen LogP contribution >= 0.6 is 11.8 Å². The Morgan fingerprint density at radius 1 is 0.671 bits per heavy atom. The van der Waals surface area contributed by atoms with E-state index < -0.39 is 0 Å². The third kappa shape index (κ3) is 13.0. The van der Waals surface area contributed by atoms with Crippen molar-refractivity contribution in [3.8, 4) is 11.1 Å². The molecule has 0 radical (unpaired) electrons. The maximum absolute atomic E-state index is 3.86. The van der Waals surface area contributed by atoms with Crippen molar-refractivity contribution < 1.29 is 0 Å². The lowest BCUT2D eigenvalue weighted by molar-refractivity contribution is 0.648. The molecule has 0 fully saturated rings. The molecule has 5 nitrogen and oxygen atoms in total. The Morgan fingerprint density at radius 3 is 2.04 bits per heavy atom. The maximum atomic E-state index is 3.86. The maximum Gasteiger partial charge on any atom is 0.0632 e. The topological polar surface area (TPSA) is 43.6 Å². The van der Waals surface area contributed by atoms with Crippen LogP contribution in [0.15, 0.2) is 260 Å². The number of anilines is 4. The molecule has 2 unspecified atom stereocenters. The lowest BCUT2D eigenvalue weighted by Gasteiger charge is -2.33. The Kier molecular flexibility index (Phi) is 19.7. The van der Waals surface area contributed by atoms with E-state index in [0.29, 0.717) is 18.4 Å². The number of nitrogens with zero attached hydrogens (tertiary/aromatic N) is 5. The van der Waals surface area contributed by atoms with Crippen molar-refractivity contribution in [2.75, 3.05) is 23.4 Å². The van der Waals surface area contributed by atoms with Gasteiger partial charge in [0, 0.05) is 45.6 Å². The van der Waals surface area contributed by atoms with Gasteiger partial charge in [-0.3, -0.25) is 15.0 Å². The second kappa shape index (κ2) is 27.1. The van der Waals surface area contributed by atoms with Crippen LogP contribution in [0.25, 0.3) is 16.7 Å². The molecule has 6 heteroatoms. The zero-order valence-corrected chi connectivity index (χ0v) is 44.1. The predicted octanol–water partition coefficient (Wildman–Crippen LogP) is 18.1. The summed E-state index contributed by atoms with van der Waals surface area (Å²) in [5.41, 5.74) is 17.9. The van der Waals surface area contributed by atoms with Crippen LogP contribution in [0.4, 0.5) is 22.7 Å².